The molecule has 3 heterocycles. The van der Waals surface area contributed by atoms with Gasteiger partial charge in [0, 0.05) is 24.2 Å². The van der Waals surface area contributed by atoms with Crippen LogP contribution in [0.25, 0.3) is 0 Å². The minimum Gasteiger partial charge on any atom is -0.311 e. The summed E-state index contributed by atoms with van der Waals surface area (Å²) in [4.78, 5) is 27.3. The third kappa shape index (κ3) is 1.84. The smallest absolute Gasteiger partial charge is 0.242 e. The van der Waals surface area contributed by atoms with Crippen molar-refractivity contribution in [1.82, 2.24) is 10.2 Å². The topological polar surface area (TPSA) is 78.1 Å². The number of carbonyl (C=O) groups is 2. The van der Waals surface area contributed by atoms with Gasteiger partial charge in [0.25, 0.3) is 0 Å². The van der Waals surface area contributed by atoms with E-state index in [1.54, 1.807) is 17.2 Å². The lowest BCUT2D eigenvalue weighted by Crippen LogP contribution is -2.47. The summed E-state index contributed by atoms with van der Waals surface area (Å²) < 4.78 is 14.0. The highest BCUT2D eigenvalue weighted by Crippen LogP contribution is 2.51. The summed E-state index contributed by atoms with van der Waals surface area (Å²) in [7, 11) is 0. The van der Waals surface area contributed by atoms with Crippen molar-refractivity contribution < 1.29 is 14.0 Å². The molecule has 4 rings (SSSR count). The van der Waals surface area contributed by atoms with Gasteiger partial charge >= 0.3 is 0 Å². The van der Waals surface area contributed by atoms with Gasteiger partial charge in [-0.25, -0.2) is 4.39 Å². The molecule has 2 aliphatic heterocycles. The number of H-pyrrole nitrogens is 1. The molecule has 1 aromatic carbocycles. The molecule has 0 saturated carbocycles. The summed E-state index contributed by atoms with van der Waals surface area (Å²) in [6.07, 6.45) is 1.49. The largest absolute Gasteiger partial charge is 0.311 e. The lowest BCUT2D eigenvalue weighted by Gasteiger charge is -2.32. The second-order valence-corrected chi connectivity index (χ2v) is 6.76. The monoisotopic (exact) mass is 328 g/mol. The quantitative estimate of drug-likeness (QED) is 0.887. The second-order valence-electron chi connectivity index (χ2n) is 6.76. The van der Waals surface area contributed by atoms with E-state index in [0.717, 1.165) is 0 Å². The normalized spacial score (nSPS) is 22.1. The molecule has 0 bridgehead atoms. The average Bonchev–Trinajstić information content (AvgIpc) is 3.06. The molecule has 1 spiro atoms. The van der Waals surface area contributed by atoms with E-state index in [-0.39, 0.29) is 24.2 Å². The van der Waals surface area contributed by atoms with Crippen LogP contribution in [0, 0.1) is 11.7 Å². The third-order valence-electron chi connectivity index (χ3n) is 4.66. The number of aromatic amines is 1. The first-order valence-corrected chi connectivity index (χ1v) is 7.89. The molecule has 2 amide bonds. The Balaban J connectivity index is 1.99. The highest BCUT2D eigenvalue weighted by molar-refractivity contribution is 6.15. The van der Waals surface area contributed by atoms with Crippen molar-refractivity contribution >= 4 is 23.3 Å². The Morgan fingerprint density at radius 2 is 2.12 bits per heavy atom. The molecule has 124 valence electrons. The summed E-state index contributed by atoms with van der Waals surface area (Å²) in [5.41, 5.74) is 0.574. The highest BCUT2D eigenvalue weighted by Gasteiger charge is 2.56. The van der Waals surface area contributed by atoms with Gasteiger partial charge in [-0.1, -0.05) is 13.8 Å². The first-order valence-electron chi connectivity index (χ1n) is 7.89. The van der Waals surface area contributed by atoms with Crippen LogP contribution in [0.5, 0.6) is 0 Å². The first-order chi connectivity index (χ1) is 11.4. The van der Waals surface area contributed by atoms with Crippen molar-refractivity contribution in [1.29, 1.82) is 0 Å². The summed E-state index contributed by atoms with van der Waals surface area (Å²) in [5, 5.41) is 9.37. The Morgan fingerprint density at radius 3 is 2.88 bits per heavy atom. The number of halogens is 1. The number of aromatic nitrogens is 2. The Morgan fingerprint density at radius 1 is 1.33 bits per heavy atom. The van der Waals surface area contributed by atoms with Crippen LogP contribution < -0.4 is 10.2 Å². The number of rotatable bonds is 2. The number of fused-ring (bicyclic) bond motifs is 4. The number of hydrogen-bond acceptors (Lipinski definition) is 3. The number of hydrogen-bond donors (Lipinski definition) is 2. The third-order valence-corrected chi connectivity index (χ3v) is 4.66. The molecule has 6 nitrogen and oxygen atoms in total. The van der Waals surface area contributed by atoms with Crippen molar-refractivity contribution in [2.24, 2.45) is 5.92 Å². The van der Waals surface area contributed by atoms with Crippen LogP contribution in [-0.4, -0.2) is 28.6 Å². The SMILES string of the molecule is CC(C)CN1C(=O)C2(CC(=O)Nc3[nH]ncc32)c2cc(F)ccc21. The van der Waals surface area contributed by atoms with E-state index >= 15 is 0 Å². The van der Waals surface area contributed by atoms with Gasteiger partial charge in [-0.2, -0.15) is 5.10 Å². The Labute approximate surface area is 138 Å². The molecule has 1 unspecified atom stereocenters. The average molecular weight is 328 g/mol. The molecule has 2 N–H and O–H groups in total. The van der Waals surface area contributed by atoms with E-state index in [0.29, 0.717) is 29.2 Å². The van der Waals surface area contributed by atoms with Crippen LogP contribution in [0.4, 0.5) is 15.9 Å². The van der Waals surface area contributed by atoms with E-state index in [1.165, 1.54) is 12.1 Å². The summed E-state index contributed by atoms with van der Waals surface area (Å²) >= 11 is 0. The van der Waals surface area contributed by atoms with Crippen LogP contribution in [0.1, 0.15) is 31.4 Å². The Kier molecular flexibility index (Phi) is 3.03. The molecule has 0 aliphatic carbocycles. The predicted octanol–water partition coefficient (Wildman–Crippen LogP) is 2.18. The fourth-order valence-corrected chi connectivity index (χ4v) is 3.74. The molecule has 7 heteroatoms. The van der Waals surface area contributed by atoms with E-state index in [1.807, 2.05) is 13.8 Å². The van der Waals surface area contributed by atoms with Crippen LogP contribution in [0.2, 0.25) is 0 Å². The van der Waals surface area contributed by atoms with E-state index in [4.69, 9.17) is 0 Å². The zero-order valence-electron chi connectivity index (χ0n) is 13.4. The van der Waals surface area contributed by atoms with Gasteiger partial charge in [-0.05, 0) is 29.7 Å². The minimum atomic E-state index is -1.21. The zero-order chi connectivity index (χ0) is 17.1. The number of nitrogens with zero attached hydrogens (tertiary/aromatic N) is 2. The number of amides is 2. The minimum absolute atomic E-state index is 0.0522. The molecule has 1 aromatic heterocycles. The molecule has 1 atom stereocenters. The van der Waals surface area contributed by atoms with Crippen molar-refractivity contribution in [3.8, 4) is 0 Å². The first kappa shape index (κ1) is 14.9. The lowest BCUT2D eigenvalue weighted by molar-refractivity contribution is -0.126. The maximum absolute atomic E-state index is 14.0. The van der Waals surface area contributed by atoms with Crippen LogP contribution in [-0.2, 0) is 15.0 Å². The van der Waals surface area contributed by atoms with Gasteiger partial charge in [-0.3, -0.25) is 14.7 Å². The lowest BCUT2D eigenvalue weighted by atomic mass is 9.72. The fourth-order valence-electron chi connectivity index (χ4n) is 3.74. The molecule has 2 aliphatic rings. The van der Waals surface area contributed by atoms with Gasteiger partial charge < -0.3 is 10.2 Å². The van der Waals surface area contributed by atoms with E-state index in [9.17, 15) is 14.0 Å². The van der Waals surface area contributed by atoms with E-state index in [2.05, 4.69) is 15.5 Å². The molecule has 0 fully saturated rings. The van der Waals surface area contributed by atoms with Crippen LogP contribution in [0.3, 0.4) is 0 Å². The van der Waals surface area contributed by atoms with Crippen molar-refractivity contribution in [3.05, 3.63) is 41.3 Å². The highest BCUT2D eigenvalue weighted by atomic mass is 19.1. The maximum Gasteiger partial charge on any atom is 0.242 e. The van der Waals surface area contributed by atoms with E-state index < -0.39 is 11.2 Å². The van der Waals surface area contributed by atoms with Gasteiger partial charge in [-0.15, -0.1) is 0 Å². The van der Waals surface area contributed by atoms with Gasteiger partial charge in [0.15, 0.2) is 0 Å². The Hall–Kier alpha value is -2.70. The zero-order valence-corrected chi connectivity index (χ0v) is 13.4. The standard InChI is InChI=1S/C17H17FN4O2/c1-9(2)8-22-13-4-3-10(18)5-11(13)17(16(22)24)6-14(23)20-15-12(17)7-19-21-15/h3-5,7,9H,6,8H2,1-2H3,(H2,19,20,21,23). The molecular formula is C17H17FN4O2. The summed E-state index contributed by atoms with van der Waals surface area (Å²) in [6.45, 7) is 4.53. The predicted molar refractivity (Wildman–Crippen MR) is 86.2 cm³/mol. The number of nitrogens with one attached hydrogen (secondary N) is 2. The summed E-state index contributed by atoms with van der Waals surface area (Å²) in [5.74, 6) is -0.274. The van der Waals surface area contributed by atoms with Gasteiger partial charge in [0.05, 0.1) is 6.20 Å². The second kappa shape index (κ2) is 4.90. The van der Waals surface area contributed by atoms with Gasteiger partial charge in [0.1, 0.15) is 17.1 Å². The maximum atomic E-state index is 14.0. The number of anilines is 2. The fraction of sp³-hybridized carbons (Fsp3) is 0.353. The van der Waals surface area contributed by atoms with Gasteiger partial charge in [0.2, 0.25) is 11.8 Å². The molecular weight excluding hydrogens is 311 g/mol. The molecule has 24 heavy (non-hydrogen) atoms. The Bertz CT molecular complexity index is 860. The molecule has 0 radical (unpaired) electrons. The number of benzene rings is 1. The summed E-state index contributed by atoms with van der Waals surface area (Å²) in [6, 6.07) is 4.33. The van der Waals surface area contributed by atoms with Crippen molar-refractivity contribution in [2.75, 3.05) is 16.8 Å². The number of carbonyl (C=O) groups excluding carboxylic acids is 2. The van der Waals surface area contributed by atoms with Crippen molar-refractivity contribution in [3.63, 3.8) is 0 Å². The van der Waals surface area contributed by atoms with Crippen LogP contribution >= 0.6 is 0 Å². The van der Waals surface area contributed by atoms with Crippen molar-refractivity contribution in [2.45, 2.75) is 25.7 Å². The molecule has 2 aromatic rings. The van der Waals surface area contributed by atoms with Crippen LogP contribution in [0.15, 0.2) is 24.4 Å². The molecule has 0 saturated heterocycles.